The first-order chi connectivity index (χ1) is 9.27. The quantitative estimate of drug-likeness (QED) is 0.788. The van der Waals surface area contributed by atoms with Gasteiger partial charge in [0.25, 0.3) is 0 Å². The minimum Gasteiger partial charge on any atom is -0.489 e. The number of rotatable bonds is 2. The topological polar surface area (TPSA) is 18.5 Å². The average molecular weight is 281 g/mol. The van der Waals surface area contributed by atoms with Crippen molar-refractivity contribution in [1.29, 1.82) is 0 Å². The summed E-state index contributed by atoms with van der Waals surface area (Å²) in [6.07, 6.45) is 8.53. The van der Waals surface area contributed by atoms with Crippen molar-refractivity contribution >= 4 is 11.6 Å². The third-order valence-corrected chi connectivity index (χ3v) is 4.66. The fourth-order valence-corrected chi connectivity index (χ4v) is 3.53. The van der Waals surface area contributed by atoms with Gasteiger partial charge in [0.2, 0.25) is 0 Å². The van der Waals surface area contributed by atoms with E-state index in [1.54, 1.807) is 0 Å². The Labute approximate surface area is 120 Å². The van der Waals surface area contributed by atoms with Gasteiger partial charge in [-0.05, 0) is 25.0 Å². The summed E-state index contributed by atoms with van der Waals surface area (Å²) in [5.74, 6) is 0.807. The number of ether oxygens (including phenoxy) is 2. The third-order valence-electron chi connectivity index (χ3n) is 4.34. The van der Waals surface area contributed by atoms with E-state index in [-0.39, 0.29) is 11.7 Å². The Hall–Kier alpha value is -0.730. The molecule has 1 saturated carbocycles. The maximum absolute atomic E-state index is 6.16. The van der Waals surface area contributed by atoms with Crippen molar-refractivity contribution in [3.05, 3.63) is 29.3 Å². The van der Waals surface area contributed by atoms with E-state index in [0.29, 0.717) is 5.02 Å². The zero-order valence-electron chi connectivity index (χ0n) is 11.2. The highest BCUT2D eigenvalue weighted by atomic mass is 35.5. The summed E-state index contributed by atoms with van der Waals surface area (Å²) in [7, 11) is 0. The molecule has 1 unspecified atom stereocenters. The zero-order valence-corrected chi connectivity index (χ0v) is 12.0. The molecule has 1 heterocycles. The molecule has 19 heavy (non-hydrogen) atoms. The van der Waals surface area contributed by atoms with Crippen molar-refractivity contribution in [3.63, 3.8) is 0 Å². The molecule has 2 fully saturated rings. The Balaban J connectivity index is 1.67. The zero-order chi connectivity index (χ0) is 13.1. The molecule has 0 bridgehead atoms. The normalized spacial score (nSPS) is 26.3. The van der Waals surface area contributed by atoms with E-state index in [4.69, 9.17) is 21.1 Å². The van der Waals surface area contributed by atoms with Gasteiger partial charge >= 0.3 is 0 Å². The van der Waals surface area contributed by atoms with Gasteiger partial charge in [0.05, 0.1) is 17.2 Å². The number of halogens is 1. The van der Waals surface area contributed by atoms with Gasteiger partial charge in [0.1, 0.15) is 11.9 Å². The van der Waals surface area contributed by atoms with Crippen molar-refractivity contribution in [1.82, 2.24) is 0 Å². The Morgan fingerprint density at radius 3 is 2.74 bits per heavy atom. The van der Waals surface area contributed by atoms with Gasteiger partial charge in [-0.1, -0.05) is 43.0 Å². The van der Waals surface area contributed by atoms with E-state index in [1.165, 1.54) is 32.1 Å². The molecule has 2 nitrogen and oxygen atoms in total. The molecule has 0 radical (unpaired) electrons. The van der Waals surface area contributed by atoms with E-state index in [1.807, 2.05) is 24.3 Å². The minimum absolute atomic E-state index is 0.0857. The predicted molar refractivity (Wildman–Crippen MR) is 76.9 cm³/mol. The van der Waals surface area contributed by atoms with Gasteiger partial charge < -0.3 is 9.47 Å². The van der Waals surface area contributed by atoms with Crippen molar-refractivity contribution in [2.45, 2.75) is 56.7 Å². The Kier molecular flexibility index (Phi) is 3.99. The summed E-state index contributed by atoms with van der Waals surface area (Å²) >= 11 is 6.16. The van der Waals surface area contributed by atoms with Crippen LogP contribution in [-0.4, -0.2) is 18.3 Å². The van der Waals surface area contributed by atoms with E-state index >= 15 is 0 Å². The molecule has 1 aliphatic heterocycles. The molecule has 104 valence electrons. The largest absolute Gasteiger partial charge is 0.489 e. The number of hydrogen-bond acceptors (Lipinski definition) is 2. The molecule has 0 amide bonds. The summed E-state index contributed by atoms with van der Waals surface area (Å²) in [6.45, 7) is 0.815. The highest BCUT2D eigenvalue weighted by Gasteiger charge is 2.39. The number of hydrogen-bond donors (Lipinski definition) is 0. The first-order valence-corrected chi connectivity index (χ1v) is 7.70. The first-order valence-electron chi connectivity index (χ1n) is 7.33. The Morgan fingerprint density at radius 1 is 1.16 bits per heavy atom. The van der Waals surface area contributed by atoms with Crippen molar-refractivity contribution in [3.8, 4) is 5.75 Å². The molecule has 1 spiro atoms. The summed E-state index contributed by atoms with van der Waals surface area (Å²) in [5.41, 5.74) is 0.0857. The van der Waals surface area contributed by atoms with Crippen LogP contribution < -0.4 is 4.74 Å². The molecule has 0 N–H and O–H groups in total. The highest BCUT2D eigenvalue weighted by molar-refractivity contribution is 6.32. The van der Waals surface area contributed by atoms with Crippen LogP contribution >= 0.6 is 11.6 Å². The molecule has 3 rings (SSSR count). The summed E-state index contributed by atoms with van der Waals surface area (Å²) < 4.78 is 12.2. The summed E-state index contributed by atoms with van der Waals surface area (Å²) in [5, 5.41) is 0.701. The summed E-state index contributed by atoms with van der Waals surface area (Å²) in [4.78, 5) is 0. The van der Waals surface area contributed by atoms with Crippen LogP contribution in [0, 0.1) is 0 Å². The van der Waals surface area contributed by atoms with Gasteiger partial charge in [0, 0.05) is 12.8 Å². The van der Waals surface area contributed by atoms with Crippen molar-refractivity contribution in [2.75, 3.05) is 6.61 Å². The van der Waals surface area contributed by atoms with Gasteiger partial charge in [-0.15, -0.1) is 0 Å². The number of para-hydroxylation sites is 1. The number of benzene rings is 1. The molecular formula is C16H21ClO2. The SMILES string of the molecule is Clc1ccccc1OC1CCOC2(CCCCC2)C1. The smallest absolute Gasteiger partial charge is 0.138 e. The van der Waals surface area contributed by atoms with Crippen LogP contribution in [0.3, 0.4) is 0 Å². The fourth-order valence-electron chi connectivity index (χ4n) is 3.35. The van der Waals surface area contributed by atoms with Gasteiger partial charge in [-0.2, -0.15) is 0 Å². The lowest BCUT2D eigenvalue weighted by Crippen LogP contribution is -2.45. The first kappa shape index (κ1) is 13.3. The lowest BCUT2D eigenvalue weighted by molar-refractivity contribution is -0.129. The molecular weight excluding hydrogens is 260 g/mol. The second kappa shape index (κ2) is 5.72. The van der Waals surface area contributed by atoms with Gasteiger partial charge in [-0.25, -0.2) is 0 Å². The van der Waals surface area contributed by atoms with Gasteiger partial charge in [0.15, 0.2) is 0 Å². The monoisotopic (exact) mass is 280 g/mol. The lowest BCUT2D eigenvalue weighted by atomic mass is 9.79. The van der Waals surface area contributed by atoms with E-state index in [0.717, 1.165) is 25.2 Å². The van der Waals surface area contributed by atoms with E-state index < -0.39 is 0 Å². The Morgan fingerprint density at radius 2 is 1.95 bits per heavy atom. The summed E-state index contributed by atoms with van der Waals surface area (Å²) in [6, 6.07) is 7.73. The van der Waals surface area contributed by atoms with Crippen LogP contribution in [0.2, 0.25) is 5.02 Å². The van der Waals surface area contributed by atoms with Crippen LogP contribution in [-0.2, 0) is 4.74 Å². The van der Waals surface area contributed by atoms with E-state index in [2.05, 4.69) is 0 Å². The second-order valence-electron chi connectivity index (χ2n) is 5.76. The highest BCUT2D eigenvalue weighted by Crippen LogP contribution is 2.40. The maximum Gasteiger partial charge on any atom is 0.138 e. The molecule has 1 aliphatic carbocycles. The average Bonchev–Trinajstić information content (AvgIpc) is 2.42. The van der Waals surface area contributed by atoms with Crippen molar-refractivity contribution < 1.29 is 9.47 Å². The predicted octanol–water partition coefficient (Wildman–Crippen LogP) is 4.60. The molecule has 1 saturated heterocycles. The van der Waals surface area contributed by atoms with Crippen molar-refractivity contribution in [2.24, 2.45) is 0 Å². The van der Waals surface area contributed by atoms with E-state index in [9.17, 15) is 0 Å². The second-order valence-corrected chi connectivity index (χ2v) is 6.16. The van der Waals surface area contributed by atoms with Crippen LogP contribution in [0.25, 0.3) is 0 Å². The maximum atomic E-state index is 6.16. The van der Waals surface area contributed by atoms with Crippen LogP contribution in [0.1, 0.15) is 44.9 Å². The lowest BCUT2D eigenvalue weighted by Gasteiger charge is -2.43. The fraction of sp³-hybridized carbons (Fsp3) is 0.625. The van der Waals surface area contributed by atoms with Gasteiger partial charge in [-0.3, -0.25) is 0 Å². The van der Waals surface area contributed by atoms with Crippen LogP contribution in [0.5, 0.6) is 5.75 Å². The standard InChI is InChI=1S/C16H21ClO2/c17-14-6-2-3-7-15(14)19-13-8-11-18-16(12-13)9-4-1-5-10-16/h2-3,6-7,13H,1,4-5,8-12H2. The third kappa shape index (κ3) is 3.06. The molecule has 0 aromatic heterocycles. The molecule has 2 aliphatic rings. The molecule has 1 aromatic rings. The minimum atomic E-state index is 0.0857. The molecule has 1 atom stereocenters. The van der Waals surface area contributed by atoms with Crippen LogP contribution in [0.4, 0.5) is 0 Å². The van der Waals surface area contributed by atoms with Crippen LogP contribution in [0.15, 0.2) is 24.3 Å². The molecule has 1 aromatic carbocycles. The molecule has 3 heteroatoms. The Bertz CT molecular complexity index is 421.